The number of carbonyl (C=O) groups excluding carboxylic acids is 1. The van der Waals surface area contributed by atoms with Crippen LogP contribution in [0.5, 0.6) is 0 Å². The molecule has 0 saturated carbocycles. The van der Waals surface area contributed by atoms with Gasteiger partial charge in [-0.25, -0.2) is 9.97 Å². The second-order valence-electron chi connectivity index (χ2n) is 7.50. The Morgan fingerprint density at radius 2 is 2.09 bits per heavy atom. The van der Waals surface area contributed by atoms with Gasteiger partial charge in [0.25, 0.3) is 11.9 Å². The first-order valence-corrected chi connectivity index (χ1v) is 10.0. The number of anilines is 1. The number of fused-ring (bicyclic) bond motifs is 1. The Morgan fingerprint density at radius 3 is 2.75 bits per heavy atom. The summed E-state index contributed by atoms with van der Waals surface area (Å²) in [5.41, 5.74) is 5.98. The fourth-order valence-corrected chi connectivity index (χ4v) is 3.54. The van der Waals surface area contributed by atoms with Crippen LogP contribution in [-0.2, 0) is 20.2 Å². The number of hydrogen-bond acceptors (Lipinski definition) is 8. The van der Waals surface area contributed by atoms with Gasteiger partial charge in [0, 0.05) is 39.5 Å². The number of ether oxygens (including phenoxy) is 2. The van der Waals surface area contributed by atoms with Gasteiger partial charge in [-0.2, -0.15) is 13.5 Å². The number of alkyl halides is 2. The second kappa shape index (κ2) is 8.71. The number of amides is 1. The standard InChI is InChI=1S/C20H23F2N7O3/c1-20(21,22)16-3-4-24-19(26-16)29-15-9-14(13(11-31-2)17(23)30)25-10-12(15)18(27-29)28-5-7-32-8-6-28/h3-4,9-10,13H,5-8,11H2,1-2H3,(H2,23,30). The number of morpholine rings is 1. The number of methoxy groups -OCH3 is 1. The van der Waals surface area contributed by atoms with E-state index in [1.54, 1.807) is 12.3 Å². The molecule has 0 aliphatic carbocycles. The van der Waals surface area contributed by atoms with Crippen LogP contribution < -0.4 is 10.6 Å². The summed E-state index contributed by atoms with van der Waals surface area (Å²) in [6, 6.07) is 2.80. The van der Waals surface area contributed by atoms with E-state index >= 15 is 0 Å². The first-order valence-electron chi connectivity index (χ1n) is 10.0. The minimum absolute atomic E-state index is 0.0203. The molecule has 4 rings (SSSR count). The summed E-state index contributed by atoms with van der Waals surface area (Å²) in [5, 5.41) is 5.29. The highest BCUT2D eigenvalue weighted by atomic mass is 19.3. The average molecular weight is 447 g/mol. The SMILES string of the molecule is COCC(C(N)=O)c1cc2c(cn1)c(N1CCOCC1)nn2-c1nccc(C(C)(F)F)n1. The zero-order chi connectivity index (χ0) is 22.9. The van der Waals surface area contributed by atoms with Crippen molar-refractivity contribution in [2.24, 2.45) is 5.73 Å². The summed E-state index contributed by atoms with van der Waals surface area (Å²) in [6.45, 7) is 3.10. The summed E-state index contributed by atoms with van der Waals surface area (Å²) in [5.74, 6) is -3.94. The molecular weight excluding hydrogens is 424 g/mol. The number of primary amides is 1. The van der Waals surface area contributed by atoms with Crippen LogP contribution in [0.25, 0.3) is 16.9 Å². The van der Waals surface area contributed by atoms with E-state index < -0.39 is 23.4 Å². The van der Waals surface area contributed by atoms with Gasteiger partial charge in [-0.3, -0.25) is 9.78 Å². The van der Waals surface area contributed by atoms with E-state index in [1.165, 1.54) is 18.0 Å². The van der Waals surface area contributed by atoms with Gasteiger partial charge in [0.2, 0.25) is 5.91 Å². The fraction of sp³-hybridized carbons (Fsp3) is 0.450. The Hall–Kier alpha value is -3.25. The fourth-order valence-electron chi connectivity index (χ4n) is 3.54. The lowest BCUT2D eigenvalue weighted by Gasteiger charge is -2.26. The first-order chi connectivity index (χ1) is 15.3. The topological polar surface area (TPSA) is 121 Å². The predicted molar refractivity (Wildman–Crippen MR) is 111 cm³/mol. The molecule has 1 aliphatic rings. The molecule has 1 aliphatic heterocycles. The largest absolute Gasteiger partial charge is 0.383 e. The highest BCUT2D eigenvalue weighted by Crippen LogP contribution is 2.31. The molecule has 32 heavy (non-hydrogen) atoms. The monoisotopic (exact) mass is 447 g/mol. The molecule has 4 heterocycles. The van der Waals surface area contributed by atoms with E-state index in [-0.39, 0.29) is 12.6 Å². The Labute approximate surface area is 182 Å². The quantitative estimate of drug-likeness (QED) is 0.577. The molecule has 0 aromatic carbocycles. The van der Waals surface area contributed by atoms with Crippen molar-refractivity contribution < 1.29 is 23.0 Å². The number of aromatic nitrogens is 5. The van der Waals surface area contributed by atoms with Crippen LogP contribution in [-0.4, -0.2) is 70.7 Å². The molecule has 170 valence electrons. The zero-order valence-electron chi connectivity index (χ0n) is 17.7. The summed E-state index contributed by atoms with van der Waals surface area (Å²) in [7, 11) is 1.46. The van der Waals surface area contributed by atoms with Gasteiger partial charge >= 0.3 is 0 Å². The molecule has 12 heteroatoms. The van der Waals surface area contributed by atoms with Crippen molar-refractivity contribution >= 4 is 22.6 Å². The Balaban J connectivity index is 1.90. The number of halogens is 2. The highest BCUT2D eigenvalue weighted by Gasteiger charge is 2.28. The number of rotatable bonds is 7. The molecule has 3 aromatic rings. The maximum Gasteiger partial charge on any atom is 0.287 e. The van der Waals surface area contributed by atoms with E-state index in [9.17, 15) is 13.6 Å². The average Bonchev–Trinajstić information content (AvgIpc) is 3.16. The Morgan fingerprint density at radius 1 is 1.34 bits per heavy atom. The molecule has 3 aromatic heterocycles. The maximum atomic E-state index is 13.9. The zero-order valence-corrected chi connectivity index (χ0v) is 17.7. The van der Waals surface area contributed by atoms with Gasteiger partial charge in [-0.1, -0.05) is 0 Å². The molecule has 1 unspecified atom stereocenters. The molecular formula is C20H23F2N7O3. The Bertz CT molecular complexity index is 1130. The lowest BCUT2D eigenvalue weighted by Crippen LogP contribution is -2.36. The normalized spacial score (nSPS) is 15.8. The van der Waals surface area contributed by atoms with Crippen molar-refractivity contribution in [3.63, 3.8) is 0 Å². The van der Waals surface area contributed by atoms with Gasteiger partial charge in [0.15, 0.2) is 5.82 Å². The van der Waals surface area contributed by atoms with Crippen LogP contribution in [0.1, 0.15) is 24.2 Å². The van der Waals surface area contributed by atoms with Crippen molar-refractivity contribution in [3.8, 4) is 5.95 Å². The number of pyridine rings is 1. The van der Waals surface area contributed by atoms with Gasteiger partial charge in [-0.15, -0.1) is 5.10 Å². The third-order valence-corrected chi connectivity index (χ3v) is 5.19. The second-order valence-corrected chi connectivity index (χ2v) is 7.50. The molecule has 10 nitrogen and oxygen atoms in total. The molecule has 1 saturated heterocycles. The minimum atomic E-state index is -3.14. The van der Waals surface area contributed by atoms with Crippen molar-refractivity contribution in [2.45, 2.75) is 18.8 Å². The van der Waals surface area contributed by atoms with Gasteiger partial charge in [-0.05, 0) is 12.1 Å². The van der Waals surface area contributed by atoms with Crippen LogP contribution in [0.3, 0.4) is 0 Å². The van der Waals surface area contributed by atoms with Crippen LogP contribution >= 0.6 is 0 Å². The molecule has 0 bridgehead atoms. The lowest BCUT2D eigenvalue weighted by atomic mass is 10.0. The van der Waals surface area contributed by atoms with Gasteiger partial charge in [0.1, 0.15) is 11.6 Å². The van der Waals surface area contributed by atoms with E-state index in [0.29, 0.717) is 48.7 Å². The molecule has 0 radical (unpaired) electrons. The van der Waals surface area contributed by atoms with Crippen molar-refractivity contribution in [2.75, 3.05) is 44.9 Å². The summed E-state index contributed by atoms with van der Waals surface area (Å²) >= 11 is 0. The lowest BCUT2D eigenvalue weighted by molar-refractivity contribution is -0.120. The van der Waals surface area contributed by atoms with Crippen LogP contribution in [0.15, 0.2) is 24.5 Å². The molecule has 2 N–H and O–H groups in total. The van der Waals surface area contributed by atoms with Crippen LogP contribution in [0.2, 0.25) is 0 Å². The van der Waals surface area contributed by atoms with Crippen molar-refractivity contribution in [1.82, 2.24) is 24.7 Å². The number of nitrogens with zero attached hydrogens (tertiary/aromatic N) is 6. The van der Waals surface area contributed by atoms with Crippen molar-refractivity contribution in [1.29, 1.82) is 0 Å². The molecule has 1 fully saturated rings. The van der Waals surface area contributed by atoms with Gasteiger partial charge < -0.3 is 20.1 Å². The number of nitrogens with two attached hydrogens (primary N) is 1. The van der Waals surface area contributed by atoms with E-state index in [0.717, 1.165) is 13.0 Å². The maximum absolute atomic E-state index is 13.9. The van der Waals surface area contributed by atoms with E-state index in [1.807, 2.05) is 4.90 Å². The third-order valence-electron chi connectivity index (χ3n) is 5.19. The number of hydrogen-bond donors (Lipinski definition) is 1. The predicted octanol–water partition coefficient (Wildman–Crippen LogP) is 1.37. The highest BCUT2D eigenvalue weighted by molar-refractivity contribution is 5.92. The van der Waals surface area contributed by atoms with Crippen molar-refractivity contribution in [3.05, 3.63) is 35.9 Å². The first kappa shape index (κ1) is 22.0. The van der Waals surface area contributed by atoms with Gasteiger partial charge in [0.05, 0.1) is 36.4 Å². The summed E-state index contributed by atoms with van der Waals surface area (Å²) in [6.07, 6.45) is 2.85. The number of carbonyl (C=O) groups is 1. The Kier molecular flexibility index (Phi) is 5.98. The molecule has 0 spiro atoms. The summed E-state index contributed by atoms with van der Waals surface area (Å²) in [4.78, 5) is 26.6. The van der Waals surface area contributed by atoms with Crippen LogP contribution in [0, 0.1) is 0 Å². The van der Waals surface area contributed by atoms with E-state index in [4.69, 9.17) is 15.2 Å². The molecule has 1 amide bonds. The van der Waals surface area contributed by atoms with Crippen LogP contribution in [0.4, 0.5) is 14.6 Å². The molecule has 1 atom stereocenters. The summed E-state index contributed by atoms with van der Waals surface area (Å²) < 4.78 is 39.7. The smallest absolute Gasteiger partial charge is 0.287 e. The third kappa shape index (κ3) is 4.23. The minimum Gasteiger partial charge on any atom is -0.383 e. The van der Waals surface area contributed by atoms with E-state index in [2.05, 4.69) is 20.1 Å².